The van der Waals surface area contributed by atoms with Gasteiger partial charge in [0.1, 0.15) is 11.2 Å². The van der Waals surface area contributed by atoms with Crippen molar-refractivity contribution in [3.8, 4) is 45.0 Å². The standard InChI is InChI=1S/C43H29N3O/c1-4-13-28(14-5-1)31-21-12-22-34(25-31)42-44-41(30-17-8-3-9-18-30)45-43(46-42)36-24-23-35(29-15-6-2-7-16-29)40-39(36)37-26-32-19-10-11-20-33(32)27-38(37)47-40/h1-2,4-8,10-27H,3,9H2. The number of nitrogens with zero attached hydrogens (tertiary/aromatic N) is 3. The molecular weight excluding hydrogens is 574 g/mol. The molecule has 4 nitrogen and oxygen atoms in total. The highest BCUT2D eigenvalue weighted by atomic mass is 16.3. The van der Waals surface area contributed by atoms with Gasteiger partial charge in [0.2, 0.25) is 0 Å². The molecule has 222 valence electrons. The Morgan fingerprint density at radius 3 is 1.94 bits per heavy atom. The quantitative estimate of drug-likeness (QED) is 0.196. The van der Waals surface area contributed by atoms with Crippen molar-refractivity contribution in [3.05, 3.63) is 158 Å². The lowest BCUT2D eigenvalue weighted by Gasteiger charge is -2.12. The van der Waals surface area contributed by atoms with E-state index in [0.29, 0.717) is 17.5 Å². The lowest BCUT2D eigenvalue weighted by molar-refractivity contribution is 0.670. The lowest BCUT2D eigenvalue weighted by atomic mass is 9.97. The second-order valence-corrected chi connectivity index (χ2v) is 11.9. The van der Waals surface area contributed by atoms with Crippen LogP contribution in [0.1, 0.15) is 18.7 Å². The number of hydrogen-bond donors (Lipinski definition) is 0. The molecule has 0 amide bonds. The van der Waals surface area contributed by atoms with Crippen LogP contribution in [0.3, 0.4) is 0 Å². The third kappa shape index (κ3) is 4.91. The molecule has 8 aromatic rings. The molecule has 0 unspecified atom stereocenters. The van der Waals surface area contributed by atoms with Crippen LogP contribution in [-0.4, -0.2) is 15.0 Å². The molecule has 0 radical (unpaired) electrons. The van der Waals surface area contributed by atoms with Gasteiger partial charge in [0, 0.05) is 33.0 Å². The summed E-state index contributed by atoms with van der Waals surface area (Å²) in [4.78, 5) is 15.4. The summed E-state index contributed by atoms with van der Waals surface area (Å²) in [5.74, 6) is 1.93. The Hall–Kier alpha value is -6.13. The molecule has 2 heterocycles. The van der Waals surface area contributed by atoms with E-state index in [0.717, 1.165) is 84.5 Å². The van der Waals surface area contributed by atoms with Crippen LogP contribution in [0, 0.1) is 0 Å². The summed E-state index contributed by atoms with van der Waals surface area (Å²) in [7, 11) is 0. The van der Waals surface area contributed by atoms with E-state index < -0.39 is 0 Å². The maximum absolute atomic E-state index is 6.74. The average Bonchev–Trinajstić information content (AvgIpc) is 3.52. The Kier molecular flexibility index (Phi) is 6.57. The third-order valence-corrected chi connectivity index (χ3v) is 8.93. The molecule has 1 aliphatic rings. The van der Waals surface area contributed by atoms with Gasteiger partial charge in [0.05, 0.1) is 0 Å². The predicted octanol–water partition coefficient (Wildman–Crippen LogP) is 11.3. The summed E-state index contributed by atoms with van der Waals surface area (Å²) in [6.07, 6.45) is 8.51. The van der Waals surface area contributed by atoms with Gasteiger partial charge in [-0.3, -0.25) is 0 Å². The SMILES string of the molecule is C1=CC(c2nc(-c3cccc(-c4ccccc4)c3)nc(-c3ccc(-c4ccccc4)c4oc5cc6ccccc6cc5c34)n2)=CCC1. The summed E-state index contributed by atoms with van der Waals surface area (Å²) >= 11 is 0. The van der Waals surface area contributed by atoms with Gasteiger partial charge in [-0.25, -0.2) is 15.0 Å². The molecule has 0 aliphatic heterocycles. The smallest absolute Gasteiger partial charge is 0.164 e. The zero-order chi connectivity index (χ0) is 31.2. The number of aromatic nitrogens is 3. The average molecular weight is 604 g/mol. The number of hydrogen-bond acceptors (Lipinski definition) is 4. The van der Waals surface area contributed by atoms with Crippen molar-refractivity contribution in [1.29, 1.82) is 0 Å². The monoisotopic (exact) mass is 603 g/mol. The topological polar surface area (TPSA) is 51.8 Å². The van der Waals surface area contributed by atoms with Gasteiger partial charge < -0.3 is 4.42 Å². The maximum Gasteiger partial charge on any atom is 0.164 e. The third-order valence-electron chi connectivity index (χ3n) is 8.93. The van der Waals surface area contributed by atoms with E-state index in [1.807, 2.05) is 12.1 Å². The Labute approximate surface area is 272 Å². The van der Waals surface area contributed by atoms with Crippen LogP contribution < -0.4 is 0 Å². The van der Waals surface area contributed by atoms with Crippen molar-refractivity contribution in [2.75, 3.05) is 0 Å². The van der Waals surface area contributed by atoms with E-state index >= 15 is 0 Å². The fraction of sp³-hybridized carbons (Fsp3) is 0.0465. The van der Waals surface area contributed by atoms with Gasteiger partial charge in [-0.1, -0.05) is 121 Å². The minimum Gasteiger partial charge on any atom is -0.455 e. The van der Waals surface area contributed by atoms with Gasteiger partial charge in [-0.2, -0.15) is 0 Å². The van der Waals surface area contributed by atoms with E-state index in [9.17, 15) is 0 Å². The molecule has 9 rings (SSSR count). The first-order valence-electron chi connectivity index (χ1n) is 16.0. The lowest BCUT2D eigenvalue weighted by Crippen LogP contribution is -2.03. The maximum atomic E-state index is 6.74. The summed E-state index contributed by atoms with van der Waals surface area (Å²) in [5.41, 5.74) is 8.93. The second-order valence-electron chi connectivity index (χ2n) is 11.9. The van der Waals surface area contributed by atoms with Crippen molar-refractivity contribution in [3.63, 3.8) is 0 Å². The number of rotatable bonds is 5. The highest BCUT2D eigenvalue weighted by Gasteiger charge is 2.21. The largest absolute Gasteiger partial charge is 0.455 e. The predicted molar refractivity (Wildman–Crippen MR) is 193 cm³/mol. The summed E-state index contributed by atoms with van der Waals surface area (Å²) in [5, 5.41) is 4.34. The summed E-state index contributed by atoms with van der Waals surface area (Å²) in [6.45, 7) is 0. The van der Waals surface area contributed by atoms with Gasteiger partial charge in [-0.05, 0) is 70.6 Å². The van der Waals surface area contributed by atoms with Crippen molar-refractivity contribution in [2.45, 2.75) is 12.8 Å². The highest BCUT2D eigenvalue weighted by Crippen LogP contribution is 2.42. The van der Waals surface area contributed by atoms with Crippen LogP contribution in [0.15, 0.2) is 156 Å². The first kappa shape index (κ1) is 27.2. The minimum absolute atomic E-state index is 0.621. The van der Waals surface area contributed by atoms with Gasteiger partial charge in [0.25, 0.3) is 0 Å². The summed E-state index contributed by atoms with van der Waals surface area (Å²) in [6, 6.07) is 46.3. The van der Waals surface area contributed by atoms with Crippen LogP contribution in [0.5, 0.6) is 0 Å². The molecule has 0 saturated carbocycles. The van der Waals surface area contributed by atoms with Crippen molar-refractivity contribution in [2.24, 2.45) is 0 Å². The van der Waals surface area contributed by atoms with Crippen molar-refractivity contribution < 1.29 is 4.42 Å². The molecule has 0 atom stereocenters. The van der Waals surface area contributed by atoms with Crippen LogP contribution >= 0.6 is 0 Å². The van der Waals surface area contributed by atoms with Crippen LogP contribution in [0.2, 0.25) is 0 Å². The minimum atomic E-state index is 0.621. The molecule has 0 bridgehead atoms. The Balaban J connectivity index is 1.32. The van der Waals surface area contributed by atoms with Crippen molar-refractivity contribution >= 4 is 38.3 Å². The Morgan fingerprint density at radius 2 is 1.15 bits per heavy atom. The zero-order valence-electron chi connectivity index (χ0n) is 25.6. The molecule has 4 heteroatoms. The van der Waals surface area contributed by atoms with Crippen LogP contribution in [0.4, 0.5) is 0 Å². The van der Waals surface area contributed by atoms with Crippen LogP contribution in [-0.2, 0) is 0 Å². The van der Waals surface area contributed by atoms with Gasteiger partial charge in [0.15, 0.2) is 17.5 Å². The van der Waals surface area contributed by atoms with Crippen molar-refractivity contribution in [1.82, 2.24) is 15.0 Å². The van der Waals surface area contributed by atoms with E-state index in [1.54, 1.807) is 0 Å². The first-order valence-corrected chi connectivity index (χ1v) is 16.0. The Bertz CT molecular complexity index is 2510. The van der Waals surface area contributed by atoms with E-state index in [4.69, 9.17) is 19.4 Å². The molecule has 0 N–H and O–H groups in total. The fourth-order valence-electron chi connectivity index (χ4n) is 6.60. The number of fused-ring (bicyclic) bond motifs is 4. The molecule has 0 saturated heterocycles. The second kappa shape index (κ2) is 11.3. The molecule has 2 aromatic heterocycles. The van der Waals surface area contributed by atoms with E-state index in [-0.39, 0.29) is 0 Å². The van der Waals surface area contributed by atoms with Crippen LogP contribution in [0.25, 0.3) is 83.3 Å². The van der Waals surface area contributed by atoms with Gasteiger partial charge >= 0.3 is 0 Å². The molecule has 6 aromatic carbocycles. The number of allylic oxidation sites excluding steroid dienone is 4. The fourth-order valence-corrected chi connectivity index (χ4v) is 6.60. The zero-order valence-corrected chi connectivity index (χ0v) is 25.6. The first-order chi connectivity index (χ1) is 23.3. The van der Waals surface area contributed by atoms with Gasteiger partial charge in [-0.15, -0.1) is 0 Å². The number of furan rings is 1. The molecule has 47 heavy (non-hydrogen) atoms. The number of benzene rings is 6. The summed E-state index contributed by atoms with van der Waals surface area (Å²) < 4.78 is 6.74. The van der Waals surface area contributed by atoms with E-state index in [2.05, 4.69) is 140 Å². The molecular formula is C43H29N3O. The normalized spacial score (nSPS) is 13.0. The highest BCUT2D eigenvalue weighted by molar-refractivity contribution is 6.18. The molecule has 0 spiro atoms. The van der Waals surface area contributed by atoms with E-state index in [1.165, 1.54) is 0 Å². The Morgan fingerprint density at radius 1 is 0.489 bits per heavy atom. The molecule has 0 fully saturated rings. The molecule has 1 aliphatic carbocycles.